The fourth-order valence-corrected chi connectivity index (χ4v) is 2.15. The van der Waals surface area contributed by atoms with E-state index in [4.69, 9.17) is 5.73 Å². The van der Waals surface area contributed by atoms with Gasteiger partial charge in [-0.05, 0) is 13.8 Å². The zero-order valence-corrected chi connectivity index (χ0v) is 9.87. The first-order valence-electron chi connectivity index (χ1n) is 4.58. The third-order valence-electron chi connectivity index (χ3n) is 1.96. The van der Waals surface area contributed by atoms with Crippen LogP contribution in [0, 0.1) is 6.92 Å². The van der Waals surface area contributed by atoms with Crippen molar-refractivity contribution in [3.05, 3.63) is 12.0 Å². The van der Waals surface area contributed by atoms with Crippen molar-refractivity contribution in [2.75, 3.05) is 6.54 Å². The fraction of sp³-hybridized carbons (Fsp3) is 0.625. The minimum absolute atomic E-state index is 0.0307. The van der Waals surface area contributed by atoms with Crippen LogP contribution < -0.4 is 10.5 Å². The van der Waals surface area contributed by atoms with E-state index in [9.17, 15) is 8.42 Å². The summed E-state index contributed by atoms with van der Waals surface area (Å²) in [5.41, 5.74) is 5.46. The lowest BCUT2D eigenvalue weighted by Crippen LogP contribution is -2.35. The molecule has 0 amide bonds. The molecule has 1 unspecified atom stereocenters. The highest BCUT2D eigenvalue weighted by molar-refractivity contribution is 7.89. The van der Waals surface area contributed by atoms with Gasteiger partial charge in [-0.1, -0.05) is 0 Å². The number of hydrogen-bond acceptors (Lipinski definition) is 4. The average Bonchev–Trinajstić information content (AvgIpc) is 2.45. The highest BCUT2D eigenvalue weighted by Gasteiger charge is 2.18. The molecule has 0 bridgehead atoms. The Labute approximate surface area is 89.5 Å². The molecule has 0 aliphatic carbocycles. The van der Waals surface area contributed by atoms with Crippen LogP contribution in [0.3, 0.4) is 0 Å². The van der Waals surface area contributed by atoms with Crippen LogP contribution in [0.1, 0.15) is 12.7 Å². The van der Waals surface area contributed by atoms with E-state index >= 15 is 0 Å². The Morgan fingerprint density at radius 3 is 2.67 bits per heavy atom. The third-order valence-corrected chi connectivity index (χ3v) is 3.25. The number of rotatable bonds is 4. The lowest BCUT2D eigenvalue weighted by atomic mass is 10.4. The second-order valence-corrected chi connectivity index (χ2v) is 5.28. The van der Waals surface area contributed by atoms with Crippen molar-refractivity contribution in [1.29, 1.82) is 0 Å². The molecular weight excluding hydrogens is 216 g/mol. The topological polar surface area (TPSA) is 90.0 Å². The molecule has 3 N–H and O–H groups in total. The number of aromatic nitrogens is 2. The van der Waals surface area contributed by atoms with Gasteiger partial charge in [-0.3, -0.25) is 0 Å². The molecule has 1 aromatic rings. The van der Waals surface area contributed by atoms with Crippen LogP contribution in [-0.4, -0.2) is 30.6 Å². The van der Waals surface area contributed by atoms with Crippen LogP contribution in [0.5, 0.6) is 0 Å². The number of nitrogens with two attached hydrogens (primary N) is 1. The van der Waals surface area contributed by atoms with Crippen LogP contribution in [0.4, 0.5) is 0 Å². The van der Waals surface area contributed by atoms with Gasteiger partial charge in [-0.25, -0.2) is 18.1 Å². The number of aryl methyl sites for hydroxylation is 2. The summed E-state index contributed by atoms with van der Waals surface area (Å²) < 4.78 is 27.4. The van der Waals surface area contributed by atoms with Crippen molar-refractivity contribution in [3.8, 4) is 0 Å². The van der Waals surface area contributed by atoms with E-state index in [1.807, 2.05) is 0 Å². The second-order valence-electron chi connectivity index (χ2n) is 3.57. The van der Waals surface area contributed by atoms with Crippen molar-refractivity contribution in [2.24, 2.45) is 12.8 Å². The smallest absolute Gasteiger partial charge is 0.259 e. The Kier molecular flexibility index (Phi) is 3.48. The number of nitrogens with one attached hydrogen (secondary N) is 1. The van der Waals surface area contributed by atoms with Gasteiger partial charge in [0, 0.05) is 25.8 Å². The lowest BCUT2D eigenvalue weighted by molar-refractivity contribution is 0.570. The van der Waals surface area contributed by atoms with E-state index in [2.05, 4.69) is 9.71 Å². The second kappa shape index (κ2) is 4.30. The molecule has 0 fully saturated rings. The van der Waals surface area contributed by atoms with Gasteiger partial charge < -0.3 is 10.3 Å². The van der Waals surface area contributed by atoms with Gasteiger partial charge in [-0.15, -0.1) is 0 Å². The minimum Gasteiger partial charge on any atom is -0.337 e. The zero-order valence-electron chi connectivity index (χ0n) is 9.06. The van der Waals surface area contributed by atoms with E-state index < -0.39 is 10.0 Å². The van der Waals surface area contributed by atoms with Crippen LogP contribution >= 0.6 is 0 Å². The van der Waals surface area contributed by atoms with Gasteiger partial charge >= 0.3 is 0 Å². The summed E-state index contributed by atoms with van der Waals surface area (Å²) in [6.45, 7) is 3.68. The summed E-state index contributed by atoms with van der Waals surface area (Å²) in [6.07, 6.45) is 1.47. The van der Waals surface area contributed by atoms with Crippen LogP contribution in [0.15, 0.2) is 11.2 Å². The Morgan fingerprint density at radius 2 is 2.27 bits per heavy atom. The first kappa shape index (κ1) is 12.2. The van der Waals surface area contributed by atoms with Gasteiger partial charge in [-0.2, -0.15) is 0 Å². The summed E-state index contributed by atoms with van der Waals surface area (Å²) in [4.78, 5) is 3.93. The van der Waals surface area contributed by atoms with E-state index in [1.54, 1.807) is 25.5 Å². The van der Waals surface area contributed by atoms with Crippen molar-refractivity contribution in [2.45, 2.75) is 24.9 Å². The van der Waals surface area contributed by atoms with E-state index in [1.165, 1.54) is 6.20 Å². The molecule has 1 atom stereocenters. The summed E-state index contributed by atoms with van der Waals surface area (Å²) in [5.74, 6) is 0.649. The molecule has 0 aliphatic rings. The molecule has 7 heteroatoms. The maximum atomic E-state index is 11.7. The maximum Gasteiger partial charge on any atom is 0.259 e. The quantitative estimate of drug-likeness (QED) is 0.722. The molecule has 86 valence electrons. The van der Waals surface area contributed by atoms with E-state index in [-0.39, 0.29) is 17.6 Å². The van der Waals surface area contributed by atoms with Gasteiger partial charge in [0.05, 0.1) is 0 Å². The zero-order chi connectivity index (χ0) is 11.6. The highest BCUT2D eigenvalue weighted by Crippen LogP contribution is 2.06. The largest absolute Gasteiger partial charge is 0.337 e. The Hall–Kier alpha value is -0.920. The van der Waals surface area contributed by atoms with Gasteiger partial charge in [0.15, 0.2) is 5.03 Å². The van der Waals surface area contributed by atoms with Gasteiger partial charge in [0.25, 0.3) is 10.0 Å². The number of nitrogens with zero attached hydrogens (tertiary/aromatic N) is 2. The fourth-order valence-electron chi connectivity index (χ4n) is 0.971. The Bertz CT molecular complexity index is 416. The molecule has 1 rings (SSSR count). The molecule has 0 saturated carbocycles. The lowest BCUT2D eigenvalue weighted by Gasteiger charge is -2.06. The molecule has 0 spiro atoms. The number of hydrogen-bond donors (Lipinski definition) is 2. The van der Waals surface area contributed by atoms with E-state index in [0.717, 1.165) is 0 Å². The molecule has 6 nitrogen and oxygen atoms in total. The van der Waals surface area contributed by atoms with Crippen molar-refractivity contribution >= 4 is 10.0 Å². The SMILES string of the molecule is Cc1nc(S(=O)(=O)NCC(C)N)cn1C. The van der Waals surface area contributed by atoms with Crippen LogP contribution in [-0.2, 0) is 17.1 Å². The summed E-state index contributed by atoms with van der Waals surface area (Å²) in [6, 6.07) is -0.218. The third kappa shape index (κ3) is 3.01. The summed E-state index contributed by atoms with van der Waals surface area (Å²) >= 11 is 0. The molecule has 1 heterocycles. The van der Waals surface area contributed by atoms with Gasteiger partial charge in [0.2, 0.25) is 0 Å². The van der Waals surface area contributed by atoms with Crippen molar-refractivity contribution in [1.82, 2.24) is 14.3 Å². The van der Waals surface area contributed by atoms with Crippen molar-refractivity contribution < 1.29 is 8.42 Å². The molecule has 0 aromatic carbocycles. The molecular formula is C8H16N4O2S. The minimum atomic E-state index is -3.52. The van der Waals surface area contributed by atoms with Crippen molar-refractivity contribution in [3.63, 3.8) is 0 Å². The number of imidazole rings is 1. The standard InChI is InChI=1S/C8H16N4O2S/c1-6(9)4-10-15(13,14)8-5-12(3)7(2)11-8/h5-6,10H,4,9H2,1-3H3. The predicted molar refractivity (Wildman–Crippen MR) is 56.8 cm³/mol. The maximum absolute atomic E-state index is 11.7. The molecule has 0 radical (unpaired) electrons. The molecule has 1 aromatic heterocycles. The van der Waals surface area contributed by atoms with Crippen LogP contribution in [0.25, 0.3) is 0 Å². The number of sulfonamides is 1. The summed E-state index contributed by atoms with van der Waals surface area (Å²) in [7, 11) is -1.78. The molecule has 0 aliphatic heterocycles. The Balaban J connectivity index is 2.87. The molecule has 0 saturated heterocycles. The summed E-state index contributed by atoms with van der Waals surface area (Å²) in [5, 5.41) is 0.0307. The first-order valence-corrected chi connectivity index (χ1v) is 6.06. The highest BCUT2D eigenvalue weighted by atomic mass is 32.2. The van der Waals surface area contributed by atoms with E-state index in [0.29, 0.717) is 5.82 Å². The van der Waals surface area contributed by atoms with Gasteiger partial charge in [0.1, 0.15) is 5.82 Å². The average molecular weight is 232 g/mol. The molecule has 15 heavy (non-hydrogen) atoms. The monoisotopic (exact) mass is 232 g/mol. The predicted octanol–water partition coefficient (Wildman–Crippen LogP) is -0.646. The van der Waals surface area contributed by atoms with Crippen LogP contribution in [0.2, 0.25) is 0 Å². The normalized spacial score (nSPS) is 14.1. The first-order chi connectivity index (χ1) is 6.83. The Morgan fingerprint density at radius 1 is 1.67 bits per heavy atom.